The molecule has 0 saturated carbocycles. The number of ether oxygens (including phenoxy) is 1. The number of carbonyl (C=O) groups excluding carboxylic acids is 3. The molecule has 2 aliphatic rings. The van der Waals surface area contributed by atoms with E-state index in [1.54, 1.807) is 6.08 Å². The minimum atomic E-state index is -1.17. The molecule has 202 valence electrons. The number of nitrogens with zero attached hydrogens (tertiary/aromatic N) is 2. The fraction of sp³-hybridized carbons (Fsp3) is 0.571. The maximum Gasteiger partial charge on any atom is 0.329 e. The first-order valence-corrected chi connectivity index (χ1v) is 13.0. The van der Waals surface area contributed by atoms with Crippen molar-refractivity contribution < 1.29 is 27.9 Å². The Morgan fingerprint density at radius 3 is 2.73 bits per heavy atom. The van der Waals surface area contributed by atoms with Gasteiger partial charge in [-0.25, -0.2) is 14.2 Å². The third kappa shape index (κ3) is 8.13. The summed E-state index contributed by atoms with van der Waals surface area (Å²) in [4.78, 5) is 44.2. The molecule has 0 radical (unpaired) electrons. The number of fused-ring (bicyclic) bond motifs is 3. The zero-order valence-electron chi connectivity index (χ0n) is 22.1. The highest BCUT2D eigenvalue weighted by molar-refractivity contribution is 5.95. The molecule has 1 aromatic rings. The number of hydrogen-bond acceptors (Lipinski definition) is 6. The number of cyclic esters (lactones) is 1. The Balaban J connectivity index is 1.82. The molecule has 0 aromatic carbocycles. The number of halogens is 1. The molecule has 8 nitrogen and oxygen atoms in total. The Morgan fingerprint density at radius 2 is 1.97 bits per heavy atom. The van der Waals surface area contributed by atoms with Gasteiger partial charge in [0.25, 0.3) is 5.91 Å². The van der Waals surface area contributed by atoms with E-state index in [0.717, 1.165) is 5.57 Å². The van der Waals surface area contributed by atoms with Crippen LogP contribution in [0.2, 0.25) is 0 Å². The van der Waals surface area contributed by atoms with Crippen LogP contribution in [0.15, 0.2) is 46.6 Å². The average molecular weight is 516 g/mol. The van der Waals surface area contributed by atoms with Crippen LogP contribution < -0.4 is 5.32 Å². The predicted octanol–water partition coefficient (Wildman–Crippen LogP) is 4.33. The van der Waals surface area contributed by atoms with Crippen LogP contribution in [0.5, 0.6) is 0 Å². The Hall–Kier alpha value is -3.23. The molecule has 1 fully saturated rings. The maximum absolute atomic E-state index is 14.5. The summed E-state index contributed by atoms with van der Waals surface area (Å²) in [6.45, 7) is 8.46. The van der Waals surface area contributed by atoms with Crippen molar-refractivity contribution in [3.63, 3.8) is 0 Å². The normalized spacial score (nSPS) is 30.2. The van der Waals surface area contributed by atoms with Gasteiger partial charge in [-0.3, -0.25) is 9.59 Å². The topological polar surface area (TPSA) is 102 Å². The molecule has 1 N–H and O–H groups in total. The maximum atomic E-state index is 14.5. The minimum Gasteiger partial charge on any atom is -0.460 e. The average Bonchev–Trinajstić information content (AvgIpc) is 3.52. The molecule has 3 heterocycles. The summed E-state index contributed by atoms with van der Waals surface area (Å²) in [7, 11) is 0. The van der Waals surface area contributed by atoms with Crippen molar-refractivity contribution >= 4 is 17.8 Å². The highest BCUT2D eigenvalue weighted by atomic mass is 19.1. The van der Waals surface area contributed by atoms with Gasteiger partial charge in [-0.1, -0.05) is 50.6 Å². The van der Waals surface area contributed by atoms with Crippen LogP contribution in [0, 0.1) is 11.8 Å². The summed E-state index contributed by atoms with van der Waals surface area (Å²) < 4.78 is 25.8. The van der Waals surface area contributed by atoms with Gasteiger partial charge in [0.05, 0.1) is 6.42 Å². The second kappa shape index (κ2) is 13.4. The molecule has 0 unspecified atom stereocenters. The van der Waals surface area contributed by atoms with E-state index >= 15 is 0 Å². The molecule has 0 aliphatic carbocycles. The van der Waals surface area contributed by atoms with Gasteiger partial charge in [-0.2, -0.15) is 0 Å². The molecule has 4 atom stereocenters. The van der Waals surface area contributed by atoms with E-state index in [1.165, 1.54) is 17.2 Å². The molecular formula is C28H38FN3O5. The molecule has 1 saturated heterocycles. The lowest BCUT2D eigenvalue weighted by Gasteiger charge is -2.29. The van der Waals surface area contributed by atoms with Gasteiger partial charge < -0.3 is 19.4 Å². The molecule has 1 aromatic heterocycles. The Kier molecular flexibility index (Phi) is 10.2. The molecule has 3 rings (SSSR count). The second-order valence-electron chi connectivity index (χ2n) is 10.1. The van der Waals surface area contributed by atoms with Crippen LogP contribution >= 0.6 is 0 Å². The molecule has 2 aliphatic heterocycles. The fourth-order valence-corrected chi connectivity index (χ4v) is 4.63. The van der Waals surface area contributed by atoms with E-state index in [1.807, 2.05) is 45.9 Å². The third-order valence-electron chi connectivity index (χ3n) is 6.65. The van der Waals surface area contributed by atoms with E-state index in [4.69, 9.17) is 9.15 Å². The smallest absolute Gasteiger partial charge is 0.329 e. The Labute approximate surface area is 218 Å². The molecule has 2 bridgehead atoms. The summed E-state index contributed by atoms with van der Waals surface area (Å²) >= 11 is 0. The Morgan fingerprint density at radius 1 is 1.19 bits per heavy atom. The second-order valence-corrected chi connectivity index (χ2v) is 10.1. The Bertz CT molecular complexity index is 1040. The van der Waals surface area contributed by atoms with Gasteiger partial charge >= 0.3 is 5.97 Å². The number of oxazole rings is 1. The summed E-state index contributed by atoms with van der Waals surface area (Å²) in [6, 6.07) is -0.731. The summed E-state index contributed by atoms with van der Waals surface area (Å²) in [6.07, 6.45) is 10.3. The molecule has 9 heteroatoms. The molecule has 2 amide bonds. The fourth-order valence-electron chi connectivity index (χ4n) is 4.63. The van der Waals surface area contributed by atoms with Crippen molar-refractivity contribution in [3.05, 3.63) is 53.8 Å². The zero-order valence-corrected chi connectivity index (χ0v) is 22.1. The lowest BCUT2D eigenvalue weighted by molar-refractivity contribution is -0.158. The van der Waals surface area contributed by atoms with Gasteiger partial charge in [-0.05, 0) is 44.6 Å². The number of rotatable bonds is 1. The highest BCUT2D eigenvalue weighted by Gasteiger charge is 2.38. The first-order chi connectivity index (χ1) is 17.7. The van der Waals surface area contributed by atoms with E-state index < -0.39 is 30.2 Å². The van der Waals surface area contributed by atoms with Gasteiger partial charge in [0, 0.05) is 19.0 Å². The molecule has 37 heavy (non-hydrogen) atoms. The van der Waals surface area contributed by atoms with Crippen LogP contribution in [-0.4, -0.2) is 59.1 Å². The first kappa shape index (κ1) is 28.3. The van der Waals surface area contributed by atoms with Crippen molar-refractivity contribution in [2.75, 3.05) is 13.1 Å². The van der Waals surface area contributed by atoms with Crippen molar-refractivity contribution in [2.45, 2.75) is 78.1 Å². The van der Waals surface area contributed by atoms with Crippen LogP contribution in [0.4, 0.5) is 4.39 Å². The van der Waals surface area contributed by atoms with Crippen molar-refractivity contribution in [1.29, 1.82) is 0 Å². The van der Waals surface area contributed by atoms with Crippen molar-refractivity contribution in [2.24, 2.45) is 11.8 Å². The largest absolute Gasteiger partial charge is 0.460 e. The zero-order chi connectivity index (χ0) is 26.9. The molecular weight excluding hydrogens is 477 g/mol. The highest BCUT2D eigenvalue weighted by Crippen LogP contribution is 2.25. The third-order valence-corrected chi connectivity index (χ3v) is 6.65. The SMILES string of the molecule is CC1=C\CC[C@@H](F)Cc2nc(co2)C(=O)N2CCC[C@@H]2C(=O)O[C@H](C(C)C)[C@H](C)/C=C/C(=O)NC\C=C\1. The quantitative estimate of drug-likeness (QED) is 0.559. The van der Waals surface area contributed by atoms with Crippen molar-refractivity contribution in [1.82, 2.24) is 15.2 Å². The van der Waals surface area contributed by atoms with E-state index in [9.17, 15) is 18.8 Å². The van der Waals surface area contributed by atoms with Crippen LogP contribution in [0.25, 0.3) is 0 Å². The van der Waals surface area contributed by atoms with Crippen LogP contribution in [-0.2, 0) is 20.7 Å². The number of esters is 1. The number of hydrogen-bond donors (Lipinski definition) is 1. The summed E-state index contributed by atoms with van der Waals surface area (Å²) in [5.41, 5.74) is 1.03. The van der Waals surface area contributed by atoms with Gasteiger partial charge in [0.15, 0.2) is 11.6 Å². The monoisotopic (exact) mass is 515 g/mol. The van der Waals surface area contributed by atoms with E-state index in [-0.39, 0.29) is 42.2 Å². The minimum absolute atomic E-state index is 0.00358. The number of amides is 2. The number of nitrogens with one attached hydrogen (secondary N) is 1. The predicted molar refractivity (Wildman–Crippen MR) is 137 cm³/mol. The summed E-state index contributed by atoms with van der Waals surface area (Å²) in [5, 5.41) is 2.79. The van der Waals surface area contributed by atoms with E-state index in [0.29, 0.717) is 32.4 Å². The van der Waals surface area contributed by atoms with Gasteiger partial charge in [0.1, 0.15) is 24.6 Å². The summed E-state index contributed by atoms with van der Waals surface area (Å²) in [5.74, 6) is -1.22. The number of allylic oxidation sites excluding steroid dienone is 3. The lowest BCUT2D eigenvalue weighted by Crippen LogP contribution is -2.44. The molecule has 0 spiro atoms. The number of carbonyl (C=O) groups is 3. The van der Waals surface area contributed by atoms with Crippen LogP contribution in [0.3, 0.4) is 0 Å². The van der Waals surface area contributed by atoms with E-state index in [2.05, 4.69) is 10.3 Å². The first-order valence-electron chi connectivity index (χ1n) is 13.0. The lowest BCUT2D eigenvalue weighted by atomic mass is 9.94. The van der Waals surface area contributed by atoms with Crippen molar-refractivity contribution in [3.8, 4) is 0 Å². The standard InChI is InChI=1S/C28H38FN3O5/c1-18(2)26-20(4)12-13-24(33)30-14-6-9-19(3)8-5-10-21(29)16-25-31-22(17-36-25)27(34)32-15-7-11-23(32)28(35)37-26/h6,8-9,12-13,17-18,20-21,23,26H,5,7,10-11,14-16H2,1-4H3,(H,30,33)/b9-6+,13-12+,19-8+/t20-,21-,23-,26-/m1/s1. The number of aromatic nitrogens is 1. The van der Waals surface area contributed by atoms with Gasteiger partial charge in [0.2, 0.25) is 5.91 Å². The number of alkyl halides is 1. The van der Waals surface area contributed by atoms with Gasteiger partial charge in [-0.15, -0.1) is 0 Å². The van der Waals surface area contributed by atoms with Crippen LogP contribution in [0.1, 0.15) is 69.8 Å².